The molecule has 0 bridgehead atoms. The molecule has 2 aromatic rings. The highest BCUT2D eigenvalue weighted by atomic mass is 15.0. The summed E-state index contributed by atoms with van der Waals surface area (Å²) >= 11 is 0. The predicted octanol–water partition coefficient (Wildman–Crippen LogP) is 1.50. The molecule has 1 aromatic carbocycles. The van der Waals surface area contributed by atoms with Gasteiger partial charge in [-0.2, -0.15) is 0 Å². The van der Waals surface area contributed by atoms with Gasteiger partial charge in [-0.15, -0.1) is 0 Å². The zero-order chi connectivity index (χ0) is 10.8. The Kier molecular flexibility index (Phi) is 2.33. The van der Waals surface area contributed by atoms with Crippen LogP contribution in [0.15, 0.2) is 35.3 Å². The van der Waals surface area contributed by atoms with E-state index < -0.39 is 0 Å². The van der Waals surface area contributed by atoms with Crippen molar-refractivity contribution in [3.8, 4) is 0 Å². The summed E-state index contributed by atoms with van der Waals surface area (Å²) in [5, 5.41) is 1.17. The number of aromatic nitrogens is 1. The van der Waals surface area contributed by atoms with Gasteiger partial charge in [0.2, 0.25) is 0 Å². The van der Waals surface area contributed by atoms with Crippen molar-refractivity contribution in [1.29, 1.82) is 0 Å². The highest BCUT2D eigenvalue weighted by molar-refractivity contribution is 5.80. The lowest BCUT2D eigenvalue weighted by Gasteiger charge is -2.02. The van der Waals surface area contributed by atoms with Gasteiger partial charge in [0.15, 0.2) is 5.96 Å². The second-order valence-corrected chi connectivity index (χ2v) is 3.54. The van der Waals surface area contributed by atoms with Crippen molar-refractivity contribution in [1.82, 2.24) is 4.98 Å². The van der Waals surface area contributed by atoms with E-state index in [1.54, 1.807) is 0 Å². The van der Waals surface area contributed by atoms with Crippen LogP contribution in [0.3, 0.4) is 0 Å². The van der Waals surface area contributed by atoms with Gasteiger partial charge in [-0.25, -0.2) is 4.99 Å². The molecule has 1 unspecified atom stereocenters. The van der Waals surface area contributed by atoms with E-state index in [9.17, 15) is 0 Å². The van der Waals surface area contributed by atoms with Crippen molar-refractivity contribution in [2.24, 2.45) is 16.5 Å². The minimum absolute atomic E-state index is 0.0394. The number of rotatable bonds is 2. The van der Waals surface area contributed by atoms with Gasteiger partial charge < -0.3 is 16.5 Å². The average molecular weight is 202 g/mol. The monoisotopic (exact) mass is 202 g/mol. The lowest BCUT2D eigenvalue weighted by atomic mass is 10.2. The van der Waals surface area contributed by atoms with E-state index in [1.807, 2.05) is 25.1 Å². The molecule has 0 fully saturated rings. The number of aliphatic imine (C=N–C) groups is 1. The number of aromatic amines is 1. The topological polar surface area (TPSA) is 80.2 Å². The minimum atomic E-state index is -0.0394. The molecule has 15 heavy (non-hydrogen) atoms. The third-order valence-electron chi connectivity index (χ3n) is 2.34. The number of nitrogens with zero attached hydrogens (tertiary/aromatic N) is 1. The summed E-state index contributed by atoms with van der Waals surface area (Å²) < 4.78 is 0. The number of benzene rings is 1. The lowest BCUT2D eigenvalue weighted by Crippen LogP contribution is -2.23. The number of para-hydroxylation sites is 1. The Hall–Kier alpha value is -1.97. The third-order valence-corrected chi connectivity index (χ3v) is 2.34. The smallest absolute Gasteiger partial charge is 0.186 e. The SMILES string of the molecule is CC(N=C(N)N)c1cc2ccccc2[nH]1. The molecule has 0 spiro atoms. The Morgan fingerprint density at radius 3 is 2.73 bits per heavy atom. The molecule has 0 aliphatic carbocycles. The van der Waals surface area contributed by atoms with Crippen LogP contribution in [0.5, 0.6) is 0 Å². The lowest BCUT2D eigenvalue weighted by molar-refractivity contribution is 0.791. The van der Waals surface area contributed by atoms with Crippen LogP contribution in [0.1, 0.15) is 18.7 Å². The summed E-state index contributed by atoms with van der Waals surface area (Å²) in [5.74, 6) is 0.112. The summed E-state index contributed by atoms with van der Waals surface area (Å²) in [7, 11) is 0. The zero-order valence-electron chi connectivity index (χ0n) is 8.57. The number of guanidine groups is 1. The van der Waals surface area contributed by atoms with Crippen LogP contribution >= 0.6 is 0 Å². The van der Waals surface area contributed by atoms with E-state index in [0.29, 0.717) is 0 Å². The van der Waals surface area contributed by atoms with Crippen LogP contribution in [-0.4, -0.2) is 10.9 Å². The maximum atomic E-state index is 5.34. The fraction of sp³-hybridized carbons (Fsp3) is 0.182. The molecular formula is C11H14N4. The number of H-pyrrole nitrogens is 1. The number of nitrogens with two attached hydrogens (primary N) is 2. The molecular weight excluding hydrogens is 188 g/mol. The van der Waals surface area contributed by atoms with Crippen LogP contribution in [0, 0.1) is 0 Å². The van der Waals surface area contributed by atoms with Crippen LogP contribution < -0.4 is 11.5 Å². The van der Waals surface area contributed by atoms with E-state index in [1.165, 1.54) is 5.39 Å². The largest absolute Gasteiger partial charge is 0.370 e. The van der Waals surface area contributed by atoms with Gasteiger partial charge in [-0.1, -0.05) is 18.2 Å². The van der Waals surface area contributed by atoms with Crippen molar-refractivity contribution in [2.75, 3.05) is 0 Å². The summed E-state index contributed by atoms with van der Waals surface area (Å²) in [6.45, 7) is 1.95. The van der Waals surface area contributed by atoms with Gasteiger partial charge in [0.1, 0.15) is 0 Å². The molecule has 0 amide bonds. The average Bonchev–Trinajstić information content (AvgIpc) is 2.59. The van der Waals surface area contributed by atoms with Gasteiger partial charge >= 0.3 is 0 Å². The number of fused-ring (bicyclic) bond motifs is 1. The minimum Gasteiger partial charge on any atom is -0.370 e. The predicted molar refractivity (Wildman–Crippen MR) is 62.5 cm³/mol. The van der Waals surface area contributed by atoms with Crippen molar-refractivity contribution >= 4 is 16.9 Å². The summed E-state index contributed by atoms with van der Waals surface area (Å²) in [5.41, 5.74) is 12.8. The first-order valence-electron chi connectivity index (χ1n) is 4.83. The Morgan fingerprint density at radius 1 is 1.33 bits per heavy atom. The maximum absolute atomic E-state index is 5.34. The van der Waals surface area contributed by atoms with Crippen molar-refractivity contribution in [3.05, 3.63) is 36.0 Å². The first-order chi connectivity index (χ1) is 7.16. The molecule has 2 rings (SSSR count). The third kappa shape index (κ3) is 1.93. The highest BCUT2D eigenvalue weighted by Gasteiger charge is 2.06. The number of hydrogen-bond acceptors (Lipinski definition) is 1. The van der Waals surface area contributed by atoms with Gasteiger partial charge in [0.25, 0.3) is 0 Å². The molecule has 78 valence electrons. The van der Waals surface area contributed by atoms with Crippen LogP contribution in [0.25, 0.3) is 10.9 Å². The van der Waals surface area contributed by atoms with Gasteiger partial charge in [-0.3, -0.25) is 0 Å². The van der Waals surface area contributed by atoms with E-state index in [0.717, 1.165) is 11.2 Å². The standard InChI is InChI=1S/C11H14N4/c1-7(14-11(12)13)10-6-8-4-2-3-5-9(8)15-10/h2-7,15H,1H3,(H4,12,13,14). The second-order valence-electron chi connectivity index (χ2n) is 3.54. The van der Waals surface area contributed by atoms with Crippen LogP contribution in [0.4, 0.5) is 0 Å². The Labute approximate surface area is 88.0 Å². The fourth-order valence-corrected chi connectivity index (χ4v) is 1.61. The molecule has 1 aromatic heterocycles. The molecule has 0 aliphatic rings. The summed E-state index contributed by atoms with van der Waals surface area (Å²) in [6, 6.07) is 10.1. The Bertz CT molecular complexity index is 461. The molecule has 5 N–H and O–H groups in total. The molecule has 0 saturated heterocycles. The van der Waals surface area contributed by atoms with Gasteiger partial charge in [0, 0.05) is 11.2 Å². The molecule has 4 nitrogen and oxygen atoms in total. The van der Waals surface area contributed by atoms with E-state index in [2.05, 4.69) is 22.1 Å². The van der Waals surface area contributed by atoms with E-state index in [4.69, 9.17) is 11.5 Å². The second kappa shape index (κ2) is 3.65. The molecule has 0 saturated carbocycles. The molecule has 1 heterocycles. The van der Waals surface area contributed by atoms with Crippen molar-refractivity contribution in [3.63, 3.8) is 0 Å². The summed E-state index contributed by atoms with van der Waals surface area (Å²) in [4.78, 5) is 7.37. The highest BCUT2D eigenvalue weighted by Crippen LogP contribution is 2.21. The number of nitrogens with one attached hydrogen (secondary N) is 1. The van der Waals surface area contributed by atoms with Crippen LogP contribution in [0.2, 0.25) is 0 Å². The van der Waals surface area contributed by atoms with Gasteiger partial charge in [0.05, 0.1) is 6.04 Å². The Balaban J connectivity index is 2.40. The van der Waals surface area contributed by atoms with Crippen molar-refractivity contribution in [2.45, 2.75) is 13.0 Å². The quantitative estimate of drug-likeness (QED) is 0.509. The fourth-order valence-electron chi connectivity index (χ4n) is 1.61. The first kappa shape index (κ1) is 9.58. The normalized spacial score (nSPS) is 12.6. The van der Waals surface area contributed by atoms with Crippen molar-refractivity contribution < 1.29 is 0 Å². The number of hydrogen-bond donors (Lipinski definition) is 3. The Morgan fingerprint density at radius 2 is 2.07 bits per heavy atom. The molecule has 4 heteroatoms. The molecule has 0 aliphatic heterocycles. The maximum Gasteiger partial charge on any atom is 0.186 e. The summed E-state index contributed by atoms with van der Waals surface area (Å²) in [6.07, 6.45) is 0. The molecule has 0 radical (unpaired) electrons. The first-order valence-corrected chi connectivity index (χ1v) is 4.83. The molecule has 1 atom stereocenters. The zero-order valence-corrected chi connectivity index (χ0v) is 8.57. The van der Waals surface area contributed by atoms with E-state index in [-0.39, 0.29) is 12.0 Å². The van der Waals surface area contributed by atoms with Gasteiger partial charge in [-0.05, 0) is 24.4 Å². The van der Waals surface area contributed by atoms with E-state index >= 15 is 0 Å². The van der Waals surface area contributed by atoms with Crippen LogP contribution in [-0.2, 0) is 0 Å².